The second-order valence-electron chi connectivity index (χ2n) is 9.51. The topological polar surface area (TPSA) is 46.5 Å². The molecule has 3 nitrogen and oxygen atoms in total. The largest absolute Gasteiger partial charge is 0.465 e. The van der Waals surface area contributed by atoms with Gasteiger partial charge < -0.3 is 9.84 Å². The van der Waals surface area contributed by atoms with Crippen molar-refractivity contribution in [3.63, 3.8) is 0 Å². The first-order valence-electron chi connectivity index (χ1n) is 10.5. The molecule has 0 spiro atoms. The first-order chi connectivity index (χ1) is 12.5. The molecule has 3 heteroatoms. The van der Waals surface area contributed by atoms with Gasteiger partial charge in [-0.15, -0.1) is 0 Å². The molecule has 6 aliphatic carbocycles. The molecule has 6 bridgehead atoms. The summed E-state index contributed by atoms with van der Waals surface area (Å²) in [6.45, 7) is 4.72. The number of benzene rings is 1. The van der Waals surface area contributed by atoms with E-state index in [0.717, 1.165) is 37.2 Å². The number of rotatable bonds is 5. The molecule has 6 aliphatic rings. The third-order valence-electron chi connectivity index (χ3n) is 8.46. The van der Waals surface area contributed by atoms with E-state index in [9.17, 15) is 9.90 Å². The van der Waals surface area contributed by atoms with Crippen molar-refractivity contribution in [2.24, 2.45) is 40.9 Å². The SMILES string of the molecule is CC[C@H](C)COC(=O)[C@@]12[C@@H]3C[C@H]4C[C@@H](C3)[C@H]([C@@H]1C4)C2(O)c1ccccc1. The Labute approximate surface area is 156 Å². The van der Waals surface area contributed by atoms with Crippen LogP contribution >= 0.6 is 0 Å². The van der Waals surface area contributed by atoms with Crippen LogP contribution in [-0.4, -0.2) is 17.7 Å². The molecule has 1 aromatic carbocycles. The molecule has 0 aliphatic heterocycles. The van der Waals surface area contributed by atoms with E-state index in [1.807, 2.05) is 30.3 Å². The Balaban J connectivity index is 1.57. The molecule has 6 fully saturated rings. The number of aliphatic hydroxyl groups is 1. The van der Waals surface area contributed by atoms with Gasteiger partial charge in [0.25, 0.3) is 0 Å². The lowest BCUT2D eigenvalue weighted by atomic mass is 9.25. The van der Waals surface area contributed by atoms with Crippen LogP contribution in [-0.2, 0) is 15.1 Å². The third-order valence-corrected chi connectivity index (χ3v) is 8.46. The number of ether oxygens (including phenoxy) is 1. The van der Waals surface area contributed by atoms with Crippen molar-refractivity contribution >= 4 is 5.97 Å². The molecule has 6 saturated carbocycles. The zero-order valence-corrected chi connectivity index (χ0v) is 15.9. The summed E-state index contributed by atoms with van der Waals surface area (Å²) in [5.41, 5.74) is -0.818. The molecular formula is C23H30O3. The van der Waals surface area contributed by atoms with Gasteiger partial charge in [-0.1, -0.05) is 50.6 Å². The Hall–Kier alpha value is -1.35. The molecule has 140 valence electrons. The van der Waals surface area contributed by atoms with Gasteiger partial charge >= 0.3 is 5.97 Å². The lowest BCUT2D eigenvalue weighted by Crippen LogP contribution is -2.82. The Bertz CT molecular complexity index is 703. The molecule has 0 saturated heterocycles. The van der Waals surface area contributed by atoms with Crippen molar-refractivity contribution in [2.45, 2.75) is 51.6 Å². The van der Waals surface area contributed by atoms with Crippen LogP contribution in [0, 0.1) is 40.9 Å². The summed E-state index contributed by atoms with van der Waals surface area (Å²) < 4.78 is 5.88. The van der Waals surface area contributed by atoms with E-state index in [-0.39, 0.29) is 17.8 Å². The lowest BCUT2D eigenvalue weighted by Gasteiger charge is -2.78. The standard InChI is InChI=1S/C23H30O3/c1-3-14(2)13-26-21(24)22-18-10-15-9-16(12-18)20(19(22)11-15)23(22,25)17-7-5-4-6-8-17/h4-8,14-16,18-20,25H,3,9-13H2,1-2H3/t14-,15+,16-,18+,19-,20+,22+,23?/m0/s1. The Morgan fingerprint density at radius 1 is 1.23 bits per heavy atom. The summed E-state index contributed by atoms with van der Waals surface area (Å²) in [6.07, 6.45) is 5.54. The third kappa shape index (κ3) is 1.81. The van der Waals surface area contributed by atoms with Crippen LogP contribution in [0.5, 0.6) is 0 Å². The van der Waals surface area contributed by atoms with Gasteiger partial charge in [-0.25, -0.2) is 0 Å². The molecule has 0 aromatic heterocycles. The maximum atomic E-state index is 13.5. The first kappa shape index (κ1) is 16.8. The van der Waals surface area contributed by atoms with Crippen LogP contribution in [0.25, 0.3) is 0 Å². The summed E-state index contributed by atoms with van der Waals surface area (Å²) >= 11 is 0. The maximum Gasteiger partial charge on any atom is 0.315 e. The van der Waals surface area contributed by atoms with Crippen molar-refractivity contribution in [3.05, 3.63) is 35.9 Å². The Kier molecular flexibility index (Phi) is 3.60. The summed E-state index contributed by atoms with van der Waals surface area (Å²) in [5, 5.41) is 12.1. The van der Waals surface area contributed by atoms with Gasteiger partial charge in [-0.2, -0.15) is 0 Å². The molecule has 0 amide bonds. The van der Waals surface area contributed by atoms with Crippen LogP contribution in [0.4, 0.5) is 0 Å². The normalized spacial score (nSPS) is 45.9. The highest BCUT2D eigenvalue weighted by molar-refractivity contribution is 5.83. The van der Waals surface area contributed by atoms with E-state index in [2.05, 4.69) is 13.8 Å². The minimum atomic E-state index is -1.04. The molecular weight excluding hydrogens is 324 g/mol. The van der Waals surface area contributed by atoms with Gasteiger partial charge in [-0.3, -0.25) is 4.79 Å². The van der Waals surface area contributed by atoms with Gasteiger partial charge in [-0.05, 0) is 66.8 Å². The van der Waals surface area contributed by atoms with Crippen molar-refractivity contribution in [1.29, 1.82) is 0 Å². The quantitative estimate of drug-likeness (QED) is 0.808. The number of carbonyl (C=O) groups is 1. The minimum absolute atomic E-state index is 0.116. The van der Waals surface area contributed by atoms with E-state index >= 15 is 0 Å². The van der Waals surface area contributed by atoms with E-state index in [1.165, 1.54) is 6.42 Å². The Morgan fingerprint density at radius 2 is 2.00 bits per heavy atom. The molecule has 7 rings (SSSR count). The highest BCUT2D eigenvalue weighted by atomic mass is 16.5. The fourth-order valence-electron chi connectivity index (χ4n) is 7.41. The van der Waals surface area contributed by atoms with Crippen LogP contribution in [0.1, 0.15) is 51.5 Å². The number of carbonyl (C=O) groups excluding carboxylic acids is 1. The molecule has 1 N–H and O–H groups in total. The van der Waals surface area contributed by atoms with Crippen molar-refractivity contribution in [3.8, 4) is 0 Å². The van der Waals surface area contributed by atoms with Crippen LogP contribution < -0.4 is 0 Å². The molecule has 0 radical (unpaired) electrons. The predicted molar refractivity (Wildman–Crippen MR) is 99.1 cm³/mol. The van der Waals surface area contributed by atoms with E-state index < -0.39 is 11.0 Å². The number of esters is 1. The second kappa shape index (κ2) is 5.58. The van der Waals surface area contributed by atoms with Gasteiger partial charge in [0.05, 0.1) is 6.61 Å². The zero-order valence-electron chi connectivity index (χ0n) is 15.9. The van der Waals surface area contributed by atoms with Crippen LogP contribution in [0.3, 0.4) is 0 Å². The van der Waals surface area contributed by atoms with Gasteiger partial charge in [0, 0.05) is 0 Å². The summed E-state index contributed by atoms with van der Waals surface area (Å²) in [5.74, 6) is 2.41. The summed E-state index contributed by atoms with van der Waals surface area (Å²) in [6, 6.07) is 9.98. The van der Waals surface area contributed by atoms with E-state index in [1.54, 1.807) is 0 Å². The fourth-order valence-corrected chi connectivity index (χ4v) is 7.41. The van der Waals surface area contributed by atoms with Gasteiger partial charge in [0.1, 0.15) is 11.0 Å². The monoisotopic (exact) mass is 354 g/mol. The smallest absolute Gasteiger partial charge is 0.315 e. The Morgan fingerprint density at radius 3 is 2.69 bits per heavy atom. The zero-order chi connectivity index (χ0) is 18.1. The summed E-state index contributed by atoms with van der Waals surface area (Å²) in [7, 11) is 0. The highest BCUT2D eigenvalue weighted by Crippen LogP contribution is 2.81. The fraction of sp³-hybridized carbons (Fsp3) is 0.696. The van der Waals surface area contributed by atoms with E-state index in [0.29, 0.717) is 24.4 Å². The minimum Gasteiger partial charge on any atom is -0.465 e. The average molecular weight is 354 g/mol. The molecule has 1 unspecified atom stereocenters. The lowest BCUT2D eigenvalue weighted by molar-refractivity contribution is -0.367. The molecule has 8 atom stereocenters. The maximum absolute atomic E-state index is 13.5. The van der Waals surface area contributed by atoms with Crippen LogP contribution in [0.2, 0.25) is 0 Å². The average Bonchev–Trinajstić information content (AvgIpc) is 2.65. The number of hydrogen-bond acceptors (Lipinski definition) is 3. The van der Waals surface area contributed by atoms with E-state index in [4.69, 9.17) is 4.74 Å². The van der Waals surface area contributed by atoms with Crippen molar-refractivity contribution < 1.29 is 14.6 Å². The molecule has 1 aromatic rings. The predicted octanol–water partition coefficient (Wildman–Crippen LogP) is 4.15. The van der Waals surface area contributed by atoms with Crippen molar-refractivity contribution in [2.75, 3.05) is 6.61 Å². The molecule has 26 heavy (non-hydrogen) atoms. The summed E-state index contributed by atoms with van der Waals surface area (Å²) in [4.78, 5) is 13.5. The van der Waals surface area contributed by atoms with Crippen LogP contribution in [0.15, 0.2) is 30.3 Å². The van der Waals surface area contributed by atoms with Gasteiger partial charge in [0.2, 0.25) is 0 Å². The first-order valence-corrected chi connectivity index (χ1v) is 10.5. The second-order valence-corrected chi connectivity index (χ2v) is 9.51. The van der Waals surface area contributed by atoms with Gasteiger partial charge in [0.15, 0.2) is 0 Å². The molecule has 0 heterocycles. The van der Waals surface area contributed by atoms with Crippen molar-refractivity contribution in [1.82, 2.24) is 0 Å². The highest BCUT2D eigenvalue weighted by Gasteiger charge is 2.84. The number of hydrogen-bond donors (Lipinski definition) is 1.